The highest BCUT2D eigenvalue weighted by atomic mass is 16.5. The van der Waals surface area contributed by atoms with Crippen molar-refractivity contribution in [2.75, 3.05) is 19.5 Å². The molecular weight excluding hydrogens is 242 g/mol. The van der Waals surface area contributed by atoms with Gasteiger partial charge >= 0.3 is 0 Å². The number of aromatic nitrogens is 1. The molecule has 1 saturated carbocycles. The highest BCUT2D eigenvalue weighted by Crippen LogP contribution is 2.23. The summed E-state index contributed by atoms with van der Waals surface area (Å²) in [5.74, 6) is 0.695. The molecular formula is C14H21N3O2. The summed E-state index contributed by atoms with van der Waals surface area (Å²) in [6.07, 6.45) is 2.90. The minimum Gasteiger partial charge on any atom is -0.381 e. The lowest BCUT2D eigenvalue weighted by molar-refractivity contribution is 0.0176. The molecule has 1 aliphatic carbocycles. The standard InChI is InChI=1S/C14H21N3O2/c1-4-10-5-9(6-13(15-2)16-10)14(18)17-11-7-12(8-11)19-3/h5-6,11-12H,4,7-8H2,1-3H3,(H,15,16)(H,17,18). The molecule has 0 aromatic carbocycles. The van der Waals surface area contributed by atoms with Crippen LogP contribution in [0, 0.1) is 0 Å². The summed E-state index contributed by atoms with van der Waals surface area (Å²) in [6, 6.07) is 3.86. The summed E-state index contributed by atoms with van der Waals surface area (Å²) in [4.78, 5) is 16.6. The van der Waals surface area contributed by atoms with Crippen LogP contribution in [0.4, 0.5) is 5.82 Å². The Hall–Kier alpha value is -1.62. The van der Waals surface area contributed by atoms with Gasteiger partial charge in [0.2, 0.25) is 0 Å². The number of carbonyl (C=O) groups is 1. The Balaban J connectivity index is 2.02. The molecule has 0 bridgehead atoms. The summed E-state index contributed by atoms with van der Waals surface area (Å²) >= 11 is 0. The van der Waals surface area contributed by atoms with Gasteiger partial charge in [0.05, 0.1) is 6.10 Å². The quantitative estimate of drug-likeness (QED) is 0.847. The number of amides is 1. The number of hydrogen-bond donors (Lipinski definition) is 2. The summed E-state index contributed by atoms with van der Waals surface area (Å²) < 4.78 is 5.21. The Labute approximate surface area is 113 Å². The van der Waals surface area contributed by atoms with E-state index in [1.807, 2.05) is 13.0 Å². The largest absolute Gasteiger partial charge is 0.381 e. The molecule has 1 aromatic rings. The first-order valence-corrected chi connectivity index (χ1v) is 6.68. The predicted octanol–water partition coefficient (Wildman–Crippen LogP) is 1.59. The zero-order chi connectivity index (χ0) is 13.8. The maximum atomic E-state index is 12.2. The molecule has 0 saturated heterocycles. The van der Waals surface area contributed by atoms with Crippen LogP contribution >= 0.6 is 0 Å². The number of rotatable bonds is 5. The lowest BCUT2D eigenvalue weighted by atomic mass is 9.89. The summed E-state index contributed by atoms with van der Waals surface area (Å²) in [6.45, 7) is 2.03. The van der Waals surface area contributed by atoms with Gasteiger partial charge in [-0.3, -0.25) is 4.79 Å². The van der Waals surface area contributed by atoms with Gasteiger partial charge < -0.3 is 15.4 Å². The molecule has 5 heteroatoms. The lowest BCUT2D eigenvalue weighted by Gasteiger charge is -2.34. The van der Waals surface area contributed by atoms with E-state index in [0.717, 1.165) is 30.8 Å². The average Bonchev–Trinajstić information content (AvgIpc) is 2.41. The number of pyridine rings is 1. The minimum absolute atomic E-state index is 0.0341. The predicted molar refractivity (Wildman–Crippen MR) is 74.4 cm³/mol. The molecule has 1 amide bonds. The van der Waals surface area contributed by atoms with Crippen LogP contribution in [0.5, 0.6) is 0 Å². The number of anilines is 1. The third-order valence-corrected chi connectivity index (χ3v) is 3.52. The fourth-order valence-corrected chi connectivity index (χ4v) is 2.17. The molecule has 0 aliphatic heterocycles. The van der Waals surface area contributed by atoms with Crippen molar-refractivity contribution >= 4 is 11.7 Å². The Kier molecular flexibility index (Phi) is 4.37. The number of hydrogen-bond acceptors (Lipinski definition) is 4. The number of ether oxygens (including phenoxy) is 1. The van der Waals surface area contributed by atoms with Gasteiger partial charge in [0, 0.05) is 31.5 Å². The van der Waals surface area contributed by atoms with Crippen molar-refractivity contribution < 1.29 is 9.53 Å². The van der Waals surface area contributed by atoms with Crippen LogP contribution in [0.3, 0.4) is 0 Å². The van der Waals surface area contributed by atoms with E-state index in [2.05, 4.69) is 15.6 Å². The summed E-state index contributed by atoms with van der Waals surface area (Å²) in [7, 11) is 3.51. The van der Waals surface area contributed by atoms with Crippen LogP contribution in [0.1, 0.15) is 35.8 Å². The van der Waals surface area contributed by atoms with Gasteiger partial charge in [0.15, 0.2) is 0 Å². The van der Waals surface area contributed by atoms with Gasteiger partial charge in [0.25, 0.3) is 5.91 Å². The number of nitrogens with one attached hydrogen (secondary N) is 2. The lowest BCUT2D eigenvalue weighted by Crippen LogP contribution is -2.47. The zero-order valence-electron chi connectivity index (χ0n) is 11.7. The van der Waals surface area contributed by atoms with Crippen LogP contribution in [0.25, 0.3) is 0 Å². The third-order valence-electron chi connectivity index (χ3n) is 3.52. The Morgan fingerprint density at radius 2 is 2.21 bits per heavy atom. The molecule has 0 radical (unpaired) electrons. The van der Waals surface area contributed by atoms with Gasteiger partial charge in [0.1, 0.15) is 5.82 Å². The van der Waals surface area contributed by atoms with Crippen molar-refractivity contribution in [1.82, 2.24) is 10.3 Å². The van der Waals surface area contributed by atoms with Crippen molar-refractivity contribution in [3.63, 3.8) is 0 Å². The van der Waals surface area contributed by atoms with Gasteiger partial charge in [-0.1, -0.05) is 6.92 Å². The second kappa shape index (κ2) is 6.02. The number of methoxy groups -OCH3 is 1. The van der Waals surface area contributed by atoms with E-state index in [1.54, 1.807) is 20.2 Å². The van der Waals surface area contributed by atoms with Crippen molar-refractivity contribution in [2.24, 2.45) is 0 Å². The second-order valence-corrected chi connectivity index (χ2v) is 4.84. The first-order valence-electron chi connectivity index (χ1n) is 6.68. The van der Waals surface area contributed by atoms with Crippen molar-refractivity contribution in [3.8, 4) is 0 Å². The maximum absolute atomic E-state index is 12.2. The molecule has 0 unspecified atom stereocenters. The monoisotopic (exact) mass is 263 g/mol. The molecule has 1 fully saturated rings. The summed E-state index contributed by atoms with van der Waals surface area (Å²) in [5, 5.41) is 6.01. The number of nitrogens with zero attached hydrogens (tertiary/aromatic N) is 1. The third kappa shape index (κ3) is 3.23. The molecule has 1 aliphatic rings. The van der Waals surface area contributed by atoms with E-state index >= 15 is 0 Å². The number of aryl methyl sites for hydroxylation is 1. The molecule has 0 atom stereocenters. The SMILES string of the molecule is CCc1cc(C(=O)NC2CC(OC)C2)cc(NC)n1. The second-order valence-electron chi connectivity index (χ2n) is 4.84. The molecule has 2 rings (SSSR count). The topological polar surface area (TPSA) is 63.2 Å². The Morgan fingerprint density at radius 1 is 1.47 bits per heavy atom. The van der Waals surface area contributed by atoms with Crippen LogP contribution in [0.2, 0.25) is 0 Å². The van der Waals surface area contributed by atoms with Crippen LogP contribution in [-0.2, 0) is 11.2 Å². The van der Waals surface area contributed by atoms with E-state index in [9.17, 15) is 4.79 Å². The van der Waals surface area contributed by atoms with Crippen molar-refractivity contribution in [2.45, 2.75) is 38.3 Å². The van der Waals surface area contributed by atoms with Crippen LogP contribution < -0.4 is 10.6 Å². The molecule has 2 N–H and O–H groups in total. The fourth-order valence-electron chi connectivity index (χ4n) is 2.17. The van der Waals surface area contributed by atoms with Gasteiger partial charge in [-0.05, 0) is 31.4 Å². The Morgan fingerprint density at radius 3 is 2.79 bits per heavy atom. The molecule has 104 valence electrons. The normalized spacial score (nSPS) is 21.6. The smallest absolute Gasteiger partial charge is 0.251 e. The molecule has 1 heterocycles. The first kappa shape index (κ1) is 13.8. The van der Waals surface area contributed by atoms with E-state index in [1.165, 1.54) is 0 Å². The van der Waals surface area contributed by atoms with Crippen molar-refractivity contribution in [3.05, 3.63) is 23.4 Å². The molecule has 19 heavy (non-hydrogen) atoms. The van der Waals surface area contributed by atoms with E-state index in [0.29, 0.717) is 11.7 Å². The van der Waals surface area contributed by atoms with E-state index in [4.69, 9.17) is 4.74 Å². The molecule has 1 aromatic heterocycles. The minimum atomic E-state index is -0.0341. The number of carbonyl (C=O) groups excluding carboxylic acids is 1. The average molecular weight is 263 g/mol. The van der Waals surface area contributed by atoms with Crippen LogP contribution in [0.15, 0.2) is 12.1 Å². The zero-order valence-corrected chi connectivity index (χ0v) is 11.7. The molecule has 5 nitrogen and oxygen atoms in total. The van der Waals surface area contributed by atoms with Gasteiger partial charge in [-0.15, -0.1) is 0 Å². The highest BCUT2D eigenvalue weighted by Gasteiger charge is 2.30. The molecule has 0 spiro atoms. The maximum Gasteiger partial charge on any atom is 0.251 e. The fraction of sp³-hybridized carbons (Fsp3) is 0.571. The Bertz CT molecular complexity index is 434. The van der Waals surface area contributed by atoms with Crippen LogP contribution in [-0.4, -0.2) is 37.2 Å². The first-order chi connectivity index (χ1) is 9.16. The highest BCUT2D eigenvalue weighted by molar-refractivity contribution is 5.95. The van der Waals surface area contributed by atoms with E-state index in [-0.39, 0.29) is 11.9 Å². The summed E-state index contributed by atoms with van der Waals surface area (Å²) in [5.41, 5.74) is 1.58. The van der Waals surface area contributed by atoms with Crippen molar-refractivity contribution in [1.29, 1.82) is 0 Å². The van der Waals surface area contributed by atoms with E-state index < -0.39 is 0 Å². The van der Waals surface area contributed by atoms with Gasteiger partial charge in [-0.2, -0.15) is 0 Å². The van der Waals surface area contributed by atoms with Gasteiger partial charge in [-0.25, -0.2) is 4.98 Å².